The van der Waals surface area contributed by atoms with Crippen molar-refractivity contribution in [1.82, 2.24) is 0 Å². The molecule has 27 heavy (non-hydrogen) atoms. The molecule has 0 bridgehead atoms. The van der Waals surface area contributed by atoms with Crippen molar-refractivity contribution in [3.63, 3.8) is 0 Å². The maximum absolute atomic E-state index is 9.50. The van der Waals surface area contributed by atoms with Gasteiger partial charge in [-0.15, -0.1) is 0 Å². The zero-order valence-electron chi connectivity index (χ0n) is 16.4. The van der Waals surface area contributed by atoms with Crippen molar-refractivity contribution >= 4 is 10.8 Å². The van der Waals surface area contributed by atoms with Crippen molar-refractivity contribution < 1.29 is 14.9 Å². The van der Waals surface area contributed by atoms with Crippen LogP contribution in [0.2, 0.25) is 0 Å². The van der Waals surface area contributed by atoms with E-state index in [4.69, 9.17) is 10.5 Å². The molecule has 0 aliphatic heterocycles. The number of nitrogens with two attached hydrogens (primary N) is 1. The van der Waals surface area contributed by atoms with E-state index >= 15 is 0 Å². The van der Waals surface area contributed by atoms with Crippen LogP contribution in [0.1, 0.15) is 57.4 Å². The molecule has 0 unspecified atom stereocenters. The third-order valence-corrected chi connectivity index (χ3v) is 6.01. The van der Waals surface area contributed by atoms with Crippen molar-refractivity contribution in [2.24, 2.45) is 11.7 Å². The Morgan fingerprint density at radius 2 is 1.67 bits per heavy atom. The molecule has 3 rings (SSSR count). The van der Waals surface area contributed by atoms with E-state index < -0.39 is 5.54 Å². The lowest BCUT2D eigenvalue weighted by Gasteiger charge is -2.29. The summed E-state index contributed by atoms with van der Waals surface area (Å²) < 4.78 is 6.25. The summed E-state index contributed by atoms with van der Waals surface area (Å²) in [4.78, 5) is 0. The van der Waals surface area contributed by atoms with Gasteiger partial charge < -0.3 is 20.7 Å². The molecule has 0 saturated heterocycles. The van der Waals surface area contributed by atoms with Gasteiger partial charge in [-0.3, -0.25) is 0 Å². The summed E-state index contributed by atoms with van der Waals surface area (Å²) in [7, 11) is 0. The number of hydrogen-bond donors (Lipinski definition) is 3. The number of hydrogen-bond acceptors (Lipinski definition) is 4. The average molecular weight is 372 g/mol. The second kappa shape index (κ2) is 9.05. The van der Waals surface area contributed by atoms with Gasteiger partial charge >= 0.3 is 0 Å². The van der Waals surface area contributed by atoms with E-state index in [9.17, 15) is 10.2 Å². The van der Waals surface area contributed by atoms with Gasteiger partial charge in [-0.2, -0.15) is 0 Å². The molecule has 4 heteroatoms. The standard InChI is InChI=1S/C23H33NO3/c1-2-3-4-17-5-10-21(11-6-17)27-22-12-8-18-13-20(9-7-19(18)14-22)23(24,15-25)16-26/h7-9,12-14,17,21,25-26H,2-6,10-11,15-16,24H2,1H3. The van der Waals surface area contributed by atoms with Crippen LogP contribution in [0.4, 0.5) is 0 Å². The zero-order valence-corrected chi connectivity index (χ0v) is 16.4. The number of fused-ring (bicyclic) bond motifs is 1. The molecule has 1 aliphatic rings. The highest BCUT2D eigenvalue weighted by Crippen LogP contribution is 2.32. The van der Waals surface area contributed by atoms with Gasteiger partial charge in [-0.05, 0) is 66.1 Å². The van der Waals surface area contributed by atoms with Gasteiger partial charge in [-0.1, -0.05) is 44.4 Å². The minimum Gasteiger partial charge on any atom is -0.490 e. The first-order valence-electron chi connectivity index (χ1n) is 10.3. The lowest BCUT2D eigenvalue weighted by molar-refractivity contribution is 0.121. The molecule has 2 aromatic rings. The maximum Gasteiger partial charge on any atom is 0.120 e. The van der Waals surface area contributed by atoms with E-state index in [0.717, 1.165) is 40.8 Å². The van der Waals surface area contributed by atoms with Gasteiger partial charge in [-0.25, -0.2) is 0 Å². The van der Waals surface area contributed by atoms with Gasteiger partial charge in [0.2, 0.25) is 0 Å². The van der Waals surface area contributed by atoms with Gasteiger partial charge in [0.05, 0.1) is 24.9 Å². The molecule has 0 atom stereocenters. The second-order valence-electron chi connectivity index (χ2n) is 8.10. The van der Waals surface area contributed by atoms with Crippen LogP contribution in [0.15, 0.2) is 36.4 Å². The van der Waals surface area contributed by atoms with Crippen LogP contribution in [0.3, 0.4) is 0 Å². The lowest BCUT2D eigenvalue weighted by atomic mass is 9.84. The summed E-state index contributed by atoms with van der Waals surface area (Å²) in [5.41, 5.74) is 5.70. The summed E-state index contributed by atoms with van der Waals surface area (Å²) in [5, 5.41) is 21.1. The molecule has 0 spiro atoms. The first-order chi connectivity index (χ1) is 13.1. The van der Waals surface area contributed by atoms with Crippen molar-refractivity contribution in [3.05, 3.63) is 42.0 Å². The van der Waals surface area contributed by atoms with Crippen LogP contribution >= 0.6 is 0 Å². The number of aliphatic hydroxyl groups is 2. The van der Waals surface area contributed by atoms with E-state index in [1.165, 1.54) is 32.1 Å². The Morgan fingerprint density at radius 1 is 1.00 bits per heavy atom. The summed E-state index contributed by atoms with van der Waals surface area (Å²) in [5.74, 6) is 1.80. The summed E-state index contributed by atoms with van der Waals surface area (Å²) in [6.45, 7) is 1.67. The van der Waals surface area contributed by atoms with Crippen LogP contribution in [0.25, 0.3) is 10.8 Å². The molecule has 4 N–H and O–H groups in total. The van der Waals surface area contributed by atoms with Gasteiger partial charge in [0.15, 0.2) is 0 Å². The number of unbranched alkanes of at least 4 members (excludes halogenated alkanes) is 1. The normalized spacial score (nSPS) is 20.7. The molecule has 0 amide bonds. The fourth-order valence-corrected chi connectivity index (χ4v) is 4.06. The average Bonchev–Trinajstić information content (AvgIpc) is 2.72. The van der Waals surface area contributed by atoms with Crippen LogP contribution in [-0.4, -0.2) is 29.5 Å². The molecule has 1 aliphatic carbocycles. The predicted octanol–water partition coefficient (Wildman–Crippen LogP) is 4.11. The van der Waals surface area contributed by atoms with E-state index in [1.54, 1.807) is 0 Å². The number of aliphatic hydroxyl groups excluding tert-OH is 2. The summed E-state index contributed by atoms with van der Waals surface area (Å²) in [6, 6.07) is 11.9. The predicted molar refractivity (Wildman–Crippen MR) is 110 cm³/mol. The highest BCUT2D eigenvalue weighted by atomic mass is 16.5. The summed E-state index contributed by atoms with van der Waals surface area (Å²) >= 11 is 0. The molecule has 2 aromatic carbocycles. The third kappa shape index (κ3) is 4.81. The summed E-state index contributed by atoms with van der Waals surface area (Å²) in [6.07, 6.45) is 9.18. The monoisotopic (exact) mass is 371 g/mol. The van der Waals surface area contributed by atoms with E-state index in [2.05, 4.69) is 13.0 Å². The maximum atomic E-state index is 9.50. The Bertz CT molecular complexity index is 733. The minimum absolute atomic E-state index is 0.295. The topological polar surface area (TPSA) is 75.7 Å². The van der Waals surface area contributed by atoms with E-state index in [1.807, 2.05) is 30.3 Å². The molecular weight excluding hydrogens is 338 g/mol. The van der Waals surface area contributed by atoms with Gasteiger partial charge in [0, 0.05) is 0 Å². The fourth-order valence-electron chi connectivity index (χ4n) is 4.06. The highest BCUT2D eigenvalue weighted by molar-refractivity contribution is 5.84. The lowest BCUT2D eigenvalue weighted by Crippen LogP contribution is -2.44. The minimum atomic E-state index is -1.11. The molecule has 0 heterocycles. The van der Waals surface area contributed by atoms with E-state index in [0.29, 0.717) is 6.10 Å². The third-order valence-electron chi connectivity index (χ3n) is 6.01. The van der Waals surface area contributed by atoms with Crippen LogP contribution in [0.5, 0.6) is 5.75 Å². The SMILES string of the molecule is CCCCC1CCC(Oc2ccc3cc(C(N)(CO)CO)ccc3c2)CC1. The highest BCUT2D eigenvalue weighted by Gasteiger charge is 2.26. The van der Waals surface area contributed by atoms with Crippen molar-refractivity contribution in [1.29, 1.82) is 0 Å². The van der Waals surface area contributed by atoms with Crippen LogP contribution in [0, 0.1) is 5.92 Å². The van der Waals surface area contributed by atoms with Gasteiger partial charge in [0.1, 0.15) is 5.75 Å². The molecule has 1 saturated carbocycles. The smallest absolute Gasteiger partial charge is 0.120 e. The van der Waals surface area contributed by atoms with Crippen LogP contribution in [-0.2, 0) is 5.54 Å². The van der Waals surface area contributed by atoms with E-state index in [-0.39, 0.29) is 13.2 Å². The number of benzene rings is 2. The Balaban J connectivity index is 1.65. The fraction of sp³-hybridized carbons (Fsp3) is 0.565. The molecule has 0 radical (unpaired) electrons. The molecule has 148 valence electrons. The Morgan fingerprint density at radius 3 is 2.33 bits per heavy atom. The Labute approximate surface area is 162 Å². The van der Waals surface area contributed by atoms with Gasteiger partial charge in [0.25, 0.3) is 0 Å². The number of ether oxygens (including phenoxy) is 1. The zero-order chi connectivity index (χ0) is 19.3. The molecular formula is C23H33NO3. The van der Waals surface area contributed by atoms with Crippen molar-refractivity contribution in [2.75, 3.05) is 13.2 Å². The Kier molecular flexibility index (Phi) is 6.74. The van der Waals surface area contributed by atoms with Crippen molar-refractivity contribution in [3.8, 4) is 5.75 Å². The number of rotatable bonds is 8. The quantitative estimate of drug-likeness (QED) is 0.653. The molecule has 0 aromatic heterocycles. The largest absolute Gasteiger partial charge is 0.490 e. The molecule has 4 nitrogen and oxygen atoms in total. The first kappa shape index (κ1) is 20.1. The Hall–Kier alpha value is -1.62. The van der Waals surface area contributed by atoms with Crippen LogP contribution < -0.4 is 10.5 Å². The first-order valence-corrected chi connectivity index (χ1v) is 10.3. The second-order valence-corrected chi connectivity index (χ2v) is 8.10. The van der Waals surface area contributed by atoms with Crippen molar-refractivity contribution in [2.45, 2.75) is 63.5 Å². The molecule has 1 fully saturated rings.